The van der Waals surface area contributed by atoms with Crippen molar-refractivity contribution in [2.45, 2.75) is 6.42 Å². The van der Waals surface area contributed by atoms with Crippen molar-refractivity contribution in [2.75, 3.05) is 37.4 Å². The third-order valence-electron chi connectivity index (χ3n) is 2.91. The molecule has 0 aliphatic carbocycles. The van der Waals surface area contributed by atoms with E-state index in [-0.39, 0.29) is 30.6 Å². The van der Waals surface area contributed by atoms with Gasteiger partial charge in [0, 0.05) is 11.4 Å². The molecule has 1 aliphatic rings. The van der Waals surface area contributed by atoms with Crippen molar-refractivity contribution in [3.05, 3.63) is 24.3 Å². The van der Waals surface area contributed by atoms with Crippen LogP contribution in [0.3, 0.4) is 0 Å². The Balaban J connectivity index is 2.01. The SMILES string of the molecule is CN(C)CC(=O)Nc1ccc(N2CC(=O)CC2=O)cc1. The van der Waals surface area contributed by atoms with E-state index in [1.165, 1.54) is 4.90 Å². The van der Waals surface area contributed by atoms with E-state index in [4.69, 9.17) is 0 Å². The molecule has 2 amide bonds. The summed E-state index contributed by atoms with van der Waals surface area (Å²) >= 11 is 0. The van der Waals surface area contributed by atoms with Crippen LogP contribution in [0.1, 0.15) is 6.42 Å². The zero-order valence-electron chi connectivity index (χ0n) is 11.5. The number of hydrogen-bond acceptors (Lipinski definition) is 4. The predicted octanol–water partition coefficient (Wildman–Crippen LogP) is 0.492. The molecule has 0 atom stereocenters. The van der Waals surface area contributed by atoms with E-state index in [0.717, 1.165) is 0 Å². The van der Waals surface area contributed by atoms with Crippen LogP contribution in [0.15, 0.2) is 24.3 Å². The molecule has 106 valence electrons. The molecule has 0 spiro atoms. The lowest BCUT2D eigenvalue weighted by Gasteiger charge is -2.15. The van der Waals surface area contributed by atoms with Gasteiger partial charge in [0.15, 0.2) is 5.78 Å². The summed E-state index contributed by atoms with van der Waals surface area (Å²) in [6.45, 7) is 0.437. The molecule has 1 aromatic carbocycles. The lowest BCUT2D eigenvalue weighted by atomic mass is 10.2. The van der Waals surface area contributed by atoms with Gasteiger partial charge in [-0.3, -0.25) is 14.4 Å². The minimum Gasteiger partial charge on any atom is -0.325 e. The van der Waals surface area contributed by atoms with E-state index in [1.807, 2.05) is 14.1 Å². The maximum absolute atomic E-state index is 11.6. The van der Waals surface area contributed by atoms with Crippen LogP contribution >= 0.6 is 0 Å². The van der Waals surface area contributed by atoms with Crippen LogP contribution in [0, 0.1) is 0 Å². The Morgan fingerprint density at radius 2 is 1.90 bits per heavy atom. The average molecular weight is 275 g/mol. The molecule has 2 rings (SSSR count). The minimum atomic E-state index is -0.181. The highest BCUT2D eigenvalue weighted by Crippen LogP contribution is 2.21. The van der Waals surface area contributed by atoms with Crippen LogP contribution in [0.25, 0.3) is 0 Å². The zero-order valence-corrected chi connectivity index (χ0v) is 11.5. The van der Waals surface area contributed by atoms with Gasteiger partial charge in [0.2, 0.25) is 11.8 Å². The standard InChI is InChI=1S/C14H17N3O3/c1-16(2)9-13(19)15-10-3-5-11(6-4-10)17-8-12(18)7-14(17)20/h3-6H,7-9H2,1-2H3,(H,15,19). The molecule has 6 nitrogen and oxygen atoms in total. The second-order valence-corrected chi connectivity index (χ2v) is 5.03. The Hall–Kier alpha value is -2.21. The van der Waals surface area contributed by atoms with E-state index in [1.54, 1.807) is 29.2 Å². The third kappa shape index (κ3) is 3.42. The van der Waals surface area contributed by atoms with Crippen molar-refractivity contribution >= 4 is 29.0 Å². The van der Waals surface area contributed by atoms with Crippen LogP contribution in [-0.2, 0) is 14.4 Å². The molecular weight excluding hydrogens is 258 g/mol. The number of nitrogens with one attached hydrogen (secondary N) is 1. The first kappa shape index (κ1) is 14.2. The average Bonchev–Trinajstić information content (AvgIpc) is 2.68. The van der Waals surface area contributed by atoms with E-state index in [9.17, 15) is 14.4 Å². The fraction of sp³-hybridized carbons (Fsp3) is 0.357. The van der Waals surface area contributed by atoms with Crippen LogP contribution in [0.5, 0.6) is 0 Å². The molecule has 1 aliphatic heterocycles. The molecule has 0 bridgehead atoms. The number of anilines is 2. The van der Waals surface area contributed by atoms with E-state index in [2.05, 4.69) is 5.32 Å². The summed E-state index contributed by atoms with van der Waals surface area (Å²) in [6.07, 6.45) is -0.0265. The van der Waals surface area contributed by atoms with Gasteiger partial charge in [0.25, 0.3) is 0 Å². The van der Waals surface area contributed by atoms with Crippen molar-refractivity contribution < 1.29 is 14.4 Å². The monoisotopic (exact) mass is 275 g/mol. The van der Waals surface area contributed by atoms with Crippen LogP contribution < -0.4 is 10.2 Å². The second kappa shape index (κ2) is 5.83. The van der Waals surface area contributed by atoms with Crippen molar-refractivity contribution in [3.63, 3.8) is 0 Å². The largest absolute Gasteiger partial charge is 0.325 e. The molecule has 0 radical (unpaired) electrons. The topological polar surface area (TPSA) is 69.7 Å². The summed E-state index contributed by atoms with van der Waals surface area (Å²) in [6, 6.07) is 6.89. The highest BCUT2D eigenvalue weighted by Gasteiger charge is 2.28. The molecular formula is C14H17N3O3. The zero-order chi connectivity index (χ0) is 14.7. The van der Waals surface area contributed by atoms with Crippen LogP contribution in [-0.4, -0.2) is 49.7 Å². The summed E-state index contributed by atoms with van der Waals surface area (Å²) in [4.78, 5) is 37.7. The normalized spacial score (nSPS) is 15.1. The van der Waals surface area contributed by atoms with Gasteiger partial charge < -0.3 is 15.1 Å². The summed E-state index contributed by atoms with van der Waals surface area (Å²) in [5.74, 6) is -0.354. The van der Waals surface area contributed by atoms with Crippen LogP contribution in [0.2, 0.25) is 0 Å². The number of amides is 2. The number of rotatable bonds is 4. The molecule has 1 fully saturated rings. The highest BCUT2D eigenvalue weighted by molar-refractivity contribution is 6.15. The van der Waals surface area contributed by atoms with E-state index in [0.29, 0.717) is 17.9 Å². The van der Waals surface area contributed by atoms with Crippen LogP contribution in [0.4, 0.5) is 11.4 Å². The molecule has 1 N–H and O–H groups in total. The first-order valence-corrected chi connectivity index (χ1v) is 6.32. The van der Waals surface area contributed by atoms with E-state index >= 15 is 0 Å². The summed E-state index contributed by atoms with van der Waals surface area (Å²) in [7, 11) is 3.64. The fourth-order valence-corrected chi connectivity index (χ4v) is 2.03. The smallest absolute Gasteiger partial charge is 0.238 e. The Morgan fingerprint density at radius 3 is 2.40 bits per heavy atom. The van der Waals surface area contributed by atoms with Gasteiger partial charge in [0.1, 0.15) is 0 Å². The minimum absolute atomic E-state index is 0.0265. The molecule has 0 aromatic heterocycles. The Labute approximate surface area is 117 Å². The maximum atomic E-state index is 11.6. The third-order valence-corrected chi connectivity index (χ3v) is 2.91. The van der Waals surface area contributed by atoms with Gasteiger partial charge in [0.05, 0.1) is 19.5 Å². The lowest BCUT2D eigenvalue weighted by molar-refractivity contribution is -0.121. The van der Waals surface area contributed by atoms with Crippen molar-refractivity contribution in [1.29, 1.82) is 0 Å². The Morgan fingerprint density at radius 1 is 1.25 bits per heavy atom. The first-order chi connectivity index (χ1) is 9.45. The van der Waals surface area contributed by atoms with Gasteiger partial charge in [-0.2, -0.15) is 0 Å². The fourth-order valence-electron chi connectivity index (χ4n) is 2.03. The molecule has 1 heterocycles. The number of Topliss-reactive ketones (excluding diaryl/α,β-unsaturated/α-hetero) is 1. The molecule has 0 unspecified atom stereocenters. The summed E-state index contributed by atoms with van der Waals surface area (Å²) < 4.78 is 0. The highest BCUT2D eigenvalue weighted by atomic mass is 16.2. The summed E-state index contributed by atoms with van der Waals surface area (Å²) in [5, 5.41) is 2.76. The van der Waals surface area contributed by atoms with Crippen molar-refractivity contribution in [3.8, 4) is 0 Å². The van der Waals surface area contributed by atoms with Crippen molar-refractivity contribution in [2.24, 2.45) is 0 Å². The van der Waals surface area contributed by atoms with Gasteiger partial charge >= 0.3 is 0 Å². The molecule has 1 aromatic rings. The molecule has 0 saturated carbocycles. The van der Waals surface area contributed by atoms with E-state index < -0.39 is 0 Å². The van der Waals surface area contributed by atoms with Gasteiger partial charge in [-0.05, 0) is 38.4 Å². The number of nitrogens with zero attached hydrogens (tertiary/aromatic N) is 2. The number of carbonyl (C=O) groups excluding carboxylic acids is 3. The number of hydrogen-bond donors (Lipinski definition) is 1. The Bertz CT molecular complexity index is 537. The number of benzene rings is 1. The molecule has 1 saturated heterocycles. The predicted molar refractivity (Wildman–Crippen MR) is 75.6 cm³/mol. The van der Waals surface area contributed by atoms with Gasteiger partial charge in [-0.25, -0.2) is 0 Å². The first-order valence-electron chi connectivity index (χ1n) is 6.32. The lowest BCUT2D eigenvalue weighted by Crippen LogP contribution is -2.27. The second-order valence-electron chi connectivity index (χ2n) is 5.03. The van der Waals surface area contributed by atoms with Gasteiger partial charge in [-0.1, -0.05) is 0 Å². The number of ketones is 1. The quantitative estimate of drug-likeness (QED) is 0.812. The maximum Gasteiger partial charge on any atom is 0.238 e. The van der Waals surface area contributed by atoms with Gasteiger partial charge in [-0.15, -0.1) is 0 Å². The molecule has 6 heteroatoms. The number of carbonyl (C=O) groups is 3. The van der Waals surface area contributed by atoms with Crippen molar-refractivity contribution in [1.82, 2.24) is 4.90 Å². The molecule has 20 heavy (non-hydrogen) atoms. The summed E-state index contributed by atoms with van der Waals surface area (Å²) in [5.41, 5.74) is 1.34. The Kier molecular flexibility index (Phi) is 4.14. The number of likely N-dealkylation sites (N-methyl/N-ethyl adjacent to an activating group) is 1.